The number of rotatable bonds is 19. The van der Waals surface area contributed by atoms with Gasteiger partial charge >= 0.3 is 5.97 Å². The Bertz CT molecular complexity index is 294. The van der Waals surface area contributed by atoms with Gasteiger partial charge in [-0.1, -0.05) is 77.0 Å². The van der Waals surface area contributed by atoms with E-state index in [0.29, 0.717) is 12.8 Å². The van der Waals surface area contributed by atoms with Crippen LogP contribution in [0.5, 0.6) is 0 Å². The van der Waals surface area contributed by atoms with Crippen LogP contribution in [-0.2, 0) is 4.79 Å². The maximum atomic E-state index is 10.4. The van der Waals surface area contributed by atoms with Gasteiger partial charge in [0.05, 0.1) is 19.8 Å². The average Bonchev–Trinajstić information content (AvgIpc) is 2.62. The molecule has 0 heterocycles. The highest BCUT2D eigenvalue weighted by Gasteiger charge is 2.26. The number of aliphatic carboxylic acids is 1. The molecule has 0 unspecified atom stereocenters. The Hall–Kier alpha value is -0.650. The summed E-state index contributed by atoms with van der Waals surface area (Å²) in [6.45, 7) is -0.460. The quantitative estimate of drug-likeness (QED) is 0.262. The highest BCUT2D eigenvalue weighted by molar-refractivity contribution is 5.66. The molecule has 0 atom stereocenters. The second-order valence-electron chi connectivity index (χ2n) is 7.46. The van der Waals surface area contributed by atoms with Crippen molar-refractivity contribution in [1.29, 1.82) is 0 Å². The van der Waals surface area contributed by atoms with Crippen molar-refractivity contribution >= 4 is 5.97 Å². The van der Waals surface area contributed by atoms with Crippen LogP contribution in [0, 0.1) is 5.41 Å². The Kier molecular flexibility index (Phi) is 16.4. The van der Waals surface area contributed by atoms with Gasteiger partial charge in [-0.3, -0.25) is 4.79 Å². The largest absolute Gasteiger partial charge is 0.481 e. The lowest BCUT2D eigenvalue weighted by Gasteiger charge is -2.27. The third-order valence-corrected chi connectivity index (χ3v) is 5.10. The molecule has 0 aromatic heterocycles. The van der Waals surface area contributed by atoms with Gasteiger partial charge in [0, 0.05) is 11.8 Å². The van der Waals surface area contributed by atoms with E-state index in [1.807, 2.05) is 0 Å². The summed E-state index contributed by atoms with van der Waals surface area (Å²) in [7, 11) is 0. The van der Waals surface area contributed by atoms with Crippen LogP contribution in [0.4, 0.5) is 0 Å². The number of carboxylic acids is 1. The summed E-state index contributed by atoms with van der Waals surface area (Å²) in [6.07, 6.45) is 16.1. The molecule has 0 radical (unpaired) electrons. The van der Waals surface area contributed by atoms with Crippen LogP contribution in [0.15, 0.2) is 0 Å². The maximum absolute atomic E-state index is 10.4. The molecule has 0 spiro atoms. The first-order valence-corrected chi connectivity index (χ1v) is 10.1. The molecule has 4 N–H and O–H groups in total. The Morgan fingerprint density at radius 3 is 1.20 bits per heavy atom. The van der Waals surface area contributed by atoms with Gasteiger partial charge in [-0.05, 0) is 12.8 Å². The van der Waals surface area contributed by atoms with E-state index in [9.17, 15) is 20.1 Å². The van der Waals surface area contributed by atoms with E-state index in [-0.39, 0.29) is 19.8 Å². The van der Waals surface area contributed by atoms with E-state index in [4.69, 9.17) is 5.11 Å². The lowest BCUT2D eigenvalue weighted by atomic mass is 9.85. The fourth-order valence-electron chi connectivity index (χ4n) is 3.11. The van der Waals surface area contributed by atoms with Crippen molar-refractivity contribution in [2.45, 2.75) is 96.3 Å². The van der Waals surface area contributed by atoms with Crippen molar-refractivity contribution in [3.8, 4) is 0 Å². The van der Waals surface area contributed by atoms with E-state index < -0.39 is 11.4 Å². The zero-order valence-electron chi connectivity index (χ0n) is 15.9. The molecular formula is C20H40O5. The molecule has 0 aromatic rings. The Morgan fingerprint density at radius 2 is 0.880 bits per heavy atom. The molecule has 0 bridgehead atoms. The summed E-state index contributed by atoms with van der Waals surface area (Å²) in [5, 5.41) is 36.3. The minimum atomic E-state index is -0.701. The van der Waals surface area contributed by atoms with Gasteiger partial charge in [0.15, 0.2) is 0 Å². The summed E-state index contributed by atoms with van der Waals surface area (Å²) >= 11 is 0. The van der Waals surface area contributed by atoms with Crippen molar-refractivity contribution in [3.05, 3.63) is 0 Å². The number of carboxylic acid groups (broad SMARTS) is 1. The topological polar surface area (TPSA) is 98.0 Å². The SMILES string of the molecule is O=C(O)CCCCCCCCCCCCCCCC(CO)(CO)CO. The van der Waals surface area contributed by atoms with E-state index >= 15 is 0 Å². The van der Waals surface area contributed by atoms with Crippen LogP contribution in [0.25, 0.3) is 0 Å². The van der Waals surface area contributed by atoms with E-state index in [0.717, 1.165) is 32.1 Å². The number of carbonyl (C=O) groups is 1. The highest BCUT2D eigenvalue weighted by Crippen LogP contribution is 2.24. The van der Waals surface area contributed by atoms with Gasteiger partial charge in [-0.25, -0.2) is 0 Å². The van der Waals surface area contributed by atoms with Gasteiger partial charge in [0.25, 0.3) is 0 Å². The van der Waals surface area contributed by atoms with Crippen molar-refractivity contribution in [3.63, 3.8) is 0 Å². The normalized spacial score (nSPS) is 11.8. The summed E-state index contributed by atoms with van der Waals surface area (Å²) < 4.78 is 0. The van der Waals surface area contributed by atoms with Crippen LogP contribution in [0.2, 0.25) is 0 Å². The van der Waals surface area contributed by atoms with E-state index in [1.165, 1.54) is 51.4 Å². The third kappa shape index (κ3) is 14.2. The molecule has 0 aliphatic heterocycles. The molecule has 0 rings (SSSR count). The minimum absolute atomic E-state index is 0.153. The lowest BCUT2D eigenvalue weighted by molar-refractivity contribution is -0.137. The molecule has 0 aliphatic carbocycles. The van der Waals surface area contributed by atoms with E-state index in [2.05, 4.69) is 0 Å². The Morgan fingerprint density at radius 1 is 0.560 bits per heavy atom. The minimum Gasteiger partial charge on any atom is -0.481 e. The standard InChI is InChI=1S/C20H40O5/c21-16-20(17-22,18-23)15-13-11-9-7-5-3-1-2-4-6-8-10-12-14-19(24)25/h21-23H,1-18H2,(H,24,25). The van der Waals surface area contributed by atoms with Gasteiger partial charge in [-0.15, -0.1) is 0 Å². The van der Waals surface area contributed by atoms with E-state index in [1.54, 1.807) is 0 Å². The molecule has 150 valence electrons. The fraction of sp³-hybridized carbons (Fsp3) is 0.950. The van der Waals surface area contributed by atoms with Crippen LogP contribution in [0.3, 0.4) is 0 Å². The van der Waals surface area contributed by atoms with Crippen molar-refractivity contribution in [1.82, 2.24) is 0 Å². The lowest BCUT2D eigenvalue weighted by Crippen LogP contribution is -2.33. The zero-order chi connectivity index (χ0) is 18.8. The first kappa shape index (κ1) is 24.4. The van der Waals surface area contributed by atoms with Crippen LogP contribution in [-0.4, -0.2) is 46.2 Å². The van der Waals surface area contributed by atoms with Crippen LogP contribution < -0.4 is 0 Å². The van der Waals surface area contributed by atoms with Gasteiger partial charge in [0.1, 0.15) is 0 Å². The summed E-state index contributed by atoms with van der Waals surface area (Å²) in [6, 6.07) is 0. The number of hydrogen-bond donors (Lipinski definition) is 4. The smallest absolute Gasteiger partial charge is 0.303 e. The van der Waals surface area contributed by atoms with Gasteiger partial charge in [0.2, 0.25) is 0 Å². The number of hydrogen-bond acceptors (Lipinski definition) is 4. The predicted molar refractivity (Wildman–Crippen MR) is 101 cm³/mol. The highest BCUT2D eigenvalue weighted by atomic mass is 16.4. The molecule has 0 amide bonds. The number of aliphatic hydroxyl groups is 3. The average molecular weight is 361 g/mol. The maximum Gasteiger partial charge on any atom is 0.303 e. The second kappa shape index (κ2) is 16.8. The summed E-state index contributed by atoms with van der Waals surface area (Å²) in [5.41, 5.74) is -0.701. The fourth-order valence-corrected chi connectivity index (χ4v) is 3.11. The van der Waals surface area contributed by atoms with Crippen molar-refractivity contribution in [2.75, 3.05) is 19.8 Å². The van der Waals surface area contributed by atoms with Gasteiger partial charge < -0.3 is 20.4 Å². The molecule has 0 saturated heterocycles. The molecule has 0 saturated carbocycles. The first-order valence-electron chi connectivity index (χ1n) is 10.1. The van der Waals surface area contributed by atoms with Gasteiger partial charge in [-0.2, -0.15) is 0 Å². The number of unbranched alkanes of at least 4 members (excludes halogenated alkanes) is 12. The Labute approximate surface area is 153 Å². The molecule has 5 heteroatoms. The molecule has 0 aliphatic rings. The van der Waals surface area contributed by atoms with Crippen LogP contribution in [0.1, 0.15) is 96.3 Å². The summed E-state index contributed by atoms with van der Waals surface area (Å²) in [4.78, 5) is 10.4. The monoisotopic (exact) mass is 360 g/mol. The van der Waals surface area contributed by atoms with Crippen LogP contribution >= 0.6 is 0 Å². The molecular weight excluding hydrogens is 320 g/mol. The molecule has 25 heavy (non-hydrogen) atoms. The predicted octanol–water partition coefficient (Wildman–Crippen LogP) is 3.89. The first-order chi connectivity index (χ1) is 12.1. The zero-order valence-corrected chi connectivity index (χ0v) is 15.9. The molecule has 0 aromatic carbocycles. The third-order valence-electron chi connectivity index (χ3n) is 5.10. The second-order valence-corrected chi connectivity index (χ2v) is 7.46. The molecule has 0 fully saturated rings. The van der Waals surface area contributed by atoms with Crippen molar-refractivity contribution in [2.24, 2.45) is 5.41 Å². The summed E-state index contributed by atoms with van der Waals surface area (Å²) in [5.74, 6) is -0.686. The molecule has 5 nitrogen and oxygen atoms in total. The Balaban J connectivity index is 3.25. The number of aliphatic hydroxyl groups excluding tert-OH is 3. The van der Waals surface area contributed by atoms with Crippen molar-refractivity contribution < 1.29 is 25.2 Å².